The minimum absolute atomic E-state index is 0. The Morgan fingerprint density at radius 1 is 0.946 bits per heavy atom. The van der Waals surface area contributed by atoms with Crippen molar-refractivity contribution >= 4 is 18.4 Å². The highest BCUT2D eigenvalue weighted by atomic mass is 35.5. The molecule has 4 rings (SSSR count). The zero-order chi connectivity index (χ0) is 26.1. The van der Waals surface area contributed by atoms with Crippen LogP contribution in [0.4, 0.5) is 35.5 Å². The lowest BCUT2D eigenvalue weighted by atomic mass is 9.90. The summed E-state index contributed by atoms with van der Waals surface area (Å²) in [5.41, 5.74) is -3.84. The number of ether oxygens (including phenoxy) is 1. The summed E-state index contributed by atoms with van der Waals surface area (Å²) in [7, 11) is 0. The molecule has 13 heteroatoms. The first-order valence-corrected chi connectivity index (χ1v) is 11.3. The number of halogens is 8. The van der Waals surface area contributed by atoms with Crippen molar-refractivity contribution in [3.8, 4) is 0 Å². The van der Waals surface area contributed by atoms with Crippen LogP contribution in [0, 0.1) is 5.82 Å². The molecule has 0 aromatic heterocycles. The van der Waals surface area contributed by atoms with Crippen LogP contribution in [-0.2, 0) is 29.2 Å². The molecule has 2 N–H and O–H groups in total. The first-order valence-electron chi connectivity index (χ1n) is 11.3. The highest BCUT2D eigenvalue weighted by molar-refractivity contribution is 5.85. The second kappa shape index (κ2) is 11.0. The average Bonchev–Trinajstić information content (AvgIpc) is 3.16. The highest BCUT2D eigenvalue weighted by Gasteiger charge is 2.46. The van der Waals surface area contributed by atoms with Crippen LogP contribution in [0.15, 0.2) is 42.5 Å². The Morgan fingerprint density at radius 2 is 1.51 bits per heavy atom. The second-order valence-electron chi connectivity index (χ2n) is 9.04. The molecule has 0 bridgehead atoms. The third-order valence-corrected chi connectivity index (χ3v) is 6.46. The Bertz CT molecular complexity index is 1060. The van der Waals surface area contributed by atoms with Crippen LogP contribution >= 0.6 is 12.4 Å². The maximum atomic E-state index is 13.6. The topological polar surface area (TPSA) is 53.6 Å². The minimum atomic E-state index is -4.97. The average molecular weight is 556 g/mol. The molecule has 2 fully saturated rings. The predicted molar refractivity (Wildman–Crippen MR) is 123 cm³/mol. The molecule has 0 spiro atoms. The van der Waals surface area contributed by atoms with Crippen LogP contribution in [0.2, 0.25) is 0 Å². The summed E-state index contributed by atoms with van der Waals surface area (Å²) in [6, 6.07) is 6.20. The molecule has 0 saturated carbocycles. The summed E-state index contributed by atoms with van der Waals surface area (Å²) in [4.78, 5) is 14.5. The van der Waals surface area contributed by atoms with Crippen LogP contribution in [0.3, 0.4) is 0 Å². The van der Waals surface area contributed by atoms with Crippen molar-refractivity contribution in [2.45, 2.75) is 43.4 Å². The van der Waals surface area contributed by atoms with Gasteiger partial charge in [-0.1, -0.05) is 12.1 Å². The number of alkyl halides is 6. The van der Waals surface area contributed by atoms with Crippen LogP contribution in [-0.4, -0.2) is 43.2 Å². The first kappa shape index (κ1) is 29.0. The van der Waals surface area contributed by atoms with Crippen molar-refractivity contribution < 1.29 is 40.3 Å². The predicted octanol–water partition coefficient (Wildman–Crippen LogP) is 5.47. The fraction of sp³-hybridized carbons (Fsp3) is 0.458. The van der Waals surface area contributed by atoms with E-state index in [-0.39, 0.29) is 49.3 Å². The molecule has 2 aromatic carbocycles. The molecule has 204 valence electrons. The number of piperidine rings is 1. The number of benzene rings is 2. The number of hydrogen-bond donors (Lipinski definition) is 2. The number of carbonyl (C=O) groups is 1. The van der Waals surface area contributed by atoms with Gasteiger partial charge in [-0.25, -0.2) is 9.18 Å². The van der Waals surface area contributed by atoms with Gasteiger partial charge in [0.15, 0.2) is 0 Å². The van der Waals surface area contributed by atoms with E-state index in [1.54, 1.807) is 4.90 Å². The van der Waals surface area contributed by atoms with E-state index in [1.807, 2.05) is 0 Å². The Balaban J connectivity index is 0.00000380. The van der Waals surface area contributed by atoms with E-state index in [0.717, 1.165) is 25.9 Å². The van der Waals surface area contributed by atoms with Gasteiger partial charge in [0.1, 0.15) is 11.4 Å². The van der Waals surface area contributed by atoms with Gasteiger partial charge in [0, 0.05) is 6.04 Å². The van der Waals surface area contributed by atoms with E-state index < -0.39 is 41.4 Å². The van der Waals surface area contributed by atoms with E-state index in [0.29, 0.717) is 17.7 Å². The monoisotopic (exact) mass is 555 g/mol. The van der Waals surface area contributed by atoms with Gasteiger partial charge in [0.25, 0.3) is 0 Å². The second-order valence-corrected chi connectivity index (χ2v) is 9.04. The van der Waals surface area contributed by atoms with E-state index in [4.69, 9.17) is 4.74 Å². The lowest BCUT2D eigenvalue weighted by molar-refractivity contribution is -0.143. The number of amides is 2. The minimum Gasteiger partial charge on any atom is -0.374 e. The van der Waals surface area contributed by atoms with E-state index in [9.17, 15) is 35.5 Å². The highest BCUT2D eigenvalue weighted by Crippen LogP contribution is 2.37. The van der Waals surface area contributed by atoms with E-state index in [1.165, 1.54) is 24.3 Å². The Morgan fingerprint density at radius 3 is 2.05 bits per heavy atom. The molecule has 1 unspecified atom stereocenters. The van der Waals surface area contributed by atoms with Gasteiger partial charge in [-0.05, 0) is 67.4 Å². The van der Waals surface area contributed by atoms with Crippen molar-refractivity contribution in [2.24, 2.45) is 0 Å². The summed E-state index contributed by atoms with van der Waals surface area (Å²) < 4.78 is 98.3. The summed E-state index contributed by atoms with van der Waals surface area (Å²) in [5, 5.41) is 6.08. The molecule has 2 aromatic rings. The molecule has 2 aliphatic rings. The number of nitrogens with zero attached hydrogens (tertiary/aromatic N) is 1. The van der Waals surface area contributed by atoms with Crippen molar-refractivity contribution in [3.63, 3.8) is 0 Å². The number of hydrogen-bond acceptors (Lipinski definition) is 3. The molecule has 1 atom stereocenters. The van der Waals surface area contributed by atoms with Gasteiger partial charge in [-0.3, -0.25) is 0 Å². The molecule has 2 amide bonds. The van der Waals surface area contributed by atoms with Crippen LogP contribution in [0.25, 0.3) is 0 Å². The Hall–Kier alpha value is -2.57. The molecule has 37 heavy (non-hydrogen) atoms. The normalized spacial score (nSPS) is 21.1. The van der Waals surface area contributed by atoms with Gasteiger partial charge < -0.3 is 20.3 Å². The summed E-state index contributed by atoms with van der Waals surface area (Å²) >= 11 is 0. The number of carbonyl (C=O) groups excluding carboxylic acids is 1. The molecule has 0 aliphatic carbocycles. The molecule has 2 saturated heterocycles. The first-order chi connectivity index (χ1) is 16.9. The largest absolute Gasteiger partial charge is 0.416 e. The van der Waals surface area contributed by atoms with E-state index in [2.05, 4.69) is 10.6 Å². The zero-order valence-corrected chi connectivity index (χ0v) is 20.2. The van der Waals surface area contributed by atoms with Gasteiger partial charge in [0.2, 0.25) is 0 Å². The molecule has 5 nitrogen and oxygen atoms in total. The smallest absolute Gasteiger partial charge is 0.374 e. The molecular formula is C24H25ClF7N3O2. The standard InChI is InChI=1S/C24H24F7N3O2.ClH/c25-19-3-1-16(2-4-19)22(13-34(21(35)33-22)20-5-7-32-8-6-20)14-36-12-15-9-17(23(26,27)28)11-18(10-15)24(29,30)31;/h1-4,9-11,20,32H,5-8,12-14H2,(H,33,35);1H. The molecule has 0 radical (unpaired) electrons. The number of urea groups is 1. The van der Waals surface area contributed by atoms with Crippen LogP contribution in [0.5, 0.6) is 0 Å². The molecular weight excluding hydrogens is 531 g/mol. The van der Waals surface area contributed by atoms with Crippen LogP contribution < -0.4 is 10.6 Å². The SMILES string of the molecule is Cl.O=C1NC(COCc2cc(C(F)(F)F)cc(C(F)(F)F)c2)(c2ccc(F)cc2)CN1C1CCNCC1. The van der Waals surface area contributed by atoms with Crippen LogP contribution in [0.1, 0.15) is 35.1 Å². The number of rotatable bonds is 6. The van der Waals surface area contributed by atoms with Gasteiger partial charge >= 0.3 is 18.4 Å². The Labute approximate surface area is 214 Å². The van der Waals surface area contributed by atoms with Gasteiger partial charge in [-0.15, -0.1) is 12.4 Å². The Kier molecular flexibility index (Phi) is 8.65. The fourth-order valence-corrected chi connectivity index (χ4v) is 4.64. The molecule has 2 heterocycles. The van der Waals surface area contributed by atoms with Crippen molar-refractivity contribution in [2.75, 3.05) is 26.2 Å². The summed E-state index contributed by atoms with van der Waals surface area (Å²) in [5.74, 6) is -0.502. The van der Waals surface area contributed by atoms with Gasteiger partial charge in [-0.2, -0.15) is 26.3 Å². The lowest BCUT2D eigenvalue weighted by Gasteiger charge is -2.33. The maximum absolute atomic E-state index is 13.6. The third kappa shape index (κ3) is 6.66. The van der Waals surface area contributed by atoms with Gasteiger partial charge in [0.05, 0.1) is 30.9 Å². The number of nitrogens with one attached hydrogen (secondary N) is 2. The van der Waals surface area contributed by atoms with Crippen molar-refractivity contribution in [1.29, 1.82) is 0 Å². The maximum Gasteiger partial charge on any atom is 0.416 e. The third-order valence-electron chi connectivity index (χ3n) is 6.46. The zero-order valence-electron chi connectivity index (χ0n) is 19.4. The summed E-state index contributed by atoms with van der Waals surface area (Å²) in [6.45, 7) is 0.804. The van der Waals surface area contributed by atoms with E-state index >= 15 is 0 Å². The fourth-order valence-electron chi connectivity index (χ4n) is 4.64. The molecule has 2 aliphatic heterocycles. The lowest BCUT2D eigenvalue weighted by Crippen LogP contribution is -2.45. The summed E-state index contributed by atoms with van der Waals surface area (Å²) in [6.07, 6.45) is -8.50. The quantitative estimate of drug-likeness (QED) is 0.465. The van der Waals surface area contributed by atoms with Crippen molar-refractivity contribution in [3.05, 3.63) is 70.5 Å². The van der Waals surface area contributed by atoms with Crippen molar-refractivity contribution in [1.82, 2.24) is 15.5 Å².